The smallest absolute Gasteiger partial charge is 0.323 e. The lowest BCUT2D eigenvalue weighted by atomic mass is 10.2. The predicted octanol–water partition coefficient (Wildman–Crippen LogP) is 2.12. The van der Waals surface area contributed by atoms with Crippen LogP contribution in [-0.2, 0) is 4.79 Å². The van der Waals surface area contributed by atoms with Crippen molar-refractivity contribution >= 4 is 23.6 Å². The first-order valence-electron chi connectivity index (χ1n) is 5.35. The van der Waals surface area contributed by atoms with Gasteiger partial charge >= 0.3 is 5.97 Å². The number of thioether (sulfide) groups is 1. The van der Waals surface area contributed by atoms with Gasteiger partial charge in [0, 0.05) is 11.4 Å². The van der Waals surface area contributed by atoms with Crippen LogP contribution in [0.2, 0.25) is 0 Å². The molecule has 0 aliphatic rings. The topological polar surface area (TPSA) is 57.6 Å². The highest BCUT2D eigenvalue weighted by molar-refractivity contribution is 7.98. The van der Waals surface area contributed by atoms with Crippen LogP contribution in [0.1, 0.15) is 10.4 Å². The highest BCUT2D eigenvalue weighted by Gasteiger charge is 2.19. The number of carbonyl (C=O) groups is 2. The third-order valence-corrected chi connectivity index (χ3v) is 3.10. The zero-order valence-electron chi connectivity index (χ0n) is 10.1. The normalized spacial score (nSPS) is 9.83. The van der Waals surface area contributed by atoms with Crippen LogP contribution >= 0.6 is 11.8 Å². The van der Waals surface area contributed by atoms with Gasteiger partial charge in [-0.15, -0.1) is 18.3 Å². The molecular weight excluding hydrogens is 250 g/mol. The standard InChI is InChI=1S/C13H15NO3S/c1-3-8-14(9-12(15)16)13(17)10-6-4-5-7-11(10)18-2/h3-7H,1,8-9H2,2H3,(H,15,16). The van der Waals surface area contributed by atoms with E-state index in [4.69, 9.17) is 5.11 Å². The Morgan fingerprint density at radius 3 is 2.67 bits per heavy atom. The van der Waals surface area contributed by atoms with Crippen molar-refractivity contribution < 1.29 is 14.7 Å². The van der Waals surface area contributed by atoms with Crippen LogP contribution in [0.5, 0.6) is 0 Å². The number of carboxylic acids is 1. The third-order valence-electron chi connectivity index (χ3n) is 2.30. The van der Waals surface area contributed by atoms with Crippen LogP contribution in [0.4, 0.5) is 0 Å². The average Bonchev–Trinajstić information content (AvgIpc) is 2.37. The fourth-order valence-electron chi connectivity index (χ4n) is 1.53. The summed E-state index contributed by atoms with van der Waals surface area (Å²) in [6.07, 6.45) is 3.39. The van der Waals surface area contributed by atoms with E-state index in [-0.39, 0.29) is 19.0 Å². The van der Waals surface area contributed by atoms with Crippen LogP contribution in [0, 0.1) is 0 Å². The molecule has 0 saturated carbocycles. The zero-order valence-corrected chi connectivity index (χ0v) is 10.9. The van der Waals surface area contributed by atoms with E-state index in [0.717, 1.165) is 4.90 Å². The summed E-state index contributed by atoms with van der Waals surface area (Å²) in [4.78, 5) is 25.1. The van der Waals surface area contributed by atoms with Gasteiger partial charge in [0.25, 0.3) is 5.91 Å². The second-order valence-corrected chi connectivity index (χ2v) is 4.42. The molecule has 0 heterocycles. The van der Waals surface area contributed by atoms with Crippen LogP contribution in [0.15, 0.2) is 41.8 Å². The molecule has 5 heteroatoms. The van der Waals surface area contributed by atoms with E-state index < -0.39 is 5.97 Å². The van der Waals surface area contributed by atoms with E-state index in [2.05, 4.69) is 6.58 Å². The molecule has 0 spiro atoms. The number of benzene rings is 1. The summed E-state index contributed by atoms with van der Waals surface area (Å²) >= 11 is 1.46. The summed E-state index contributed by atoms with van der Waals surface area (Å²) in [5, 5.41) is 8.80. The van der Waals surface area contributed by atoms with Gasteiger partial charge in [0.05, 0.1) is 5.56 Å². The molecule has 0 radical (unpaired) electrons. The van der Waals surface area contributed by atoms with Crippen LogP contribution in [0.3, 0.4) is 0 Å². The molecule has 18 heavy (non-hydrogen) atoms. The first kappa shape index (κ1) is 14.3. The summed E-state index contributed by atoms with van der Waals surface area (Å²) < 4.78 is 0. The molecule has 0 atom stereocenters. The van der Waals surface area contributed by atoms with Crippen molar-refractivity contribution in [2.45, 2.75) is 4.90 Å². The molecule has 1 aromatic carbocycles. The van der Waals surface area contributed by atoms with Gasteiger partial charge in [0.2, 0.25) is 0 Å². The largest absolute Gasteiger partial charge is 0.480 e. The molecule has 4 nitrogen and oxygen atoms in total. The Bertz CT molecular complexity index is 459. The summed E-state index contributed by atoms with van der Waals surface area (Å²) in [5.74, 6) is -1.32. The van der Waals surface area contributed by atoms with Gasteiger partial charge in [-0.2, -0.15) is 0 Å². The molecular formula is C13H15NO3S. The monoisotopic (exact) mass is 265 g/mol. The van der Waals surface area contributed by atoms with Crippen molar-refractivity contribution in [2.24, 2.45) is 0 Å². The molecule has 1 rings (SSSR count). The Balaban J connectivity index is 3.00. The van der Waals surface area contributed by atoms with Gasteiger partial charge in [0.15, 0.2) is 0 Å². The predicted molar refractivity (Wildman–Crippen MR) is 72.0 cm³/mol. The number of rotatable bonds is 6. The number of hydrogen-bond acceptors (Lipinski definition) is 3. The van der Waals surface area contributed by atoms with Gasteiger partial charge in [-0.25, -0.2) is 0 Å². The van der Waals surface area contributed by atoms with Crippen LogP contribution < -0.4 is 0 Å². The van der Waals surface area contributed by atoms with Crippen molar-refractivity contribution in [1.82, 2.24) is 4.90 Å². The SMILES string of the molecule is C=CCN(CC(=O)O)C(=O)c1ccccc1SC. The molecule has 0 unspecified atom stereocenters. The summed E-state index contributed by atoms with van der Waals surface area (Å²) in [6, 6.07) is 7.15. The lowest BCUT2D eigenvalue weighted by molar-refractivity contribution is -0.137. The van der Waals surface area contributed by atoms with E-state index in [1.54, 1.807) is 12.1 Å². The van der Waals surface area contributed by atoms with Crippen LogP contribution in [-0.4, -0.2) is 41.2 Å². The van der Waals surface area contributed by atoms with E-state index in [9.17, 15) is 9.59 Å². The number of amides is 1. The van der Waals surface area contributed by atoms with E-state index >= 15 is 0 Å². The van der Waals surface area contributed by atoms with E-state index in [0.29, 0.717) is 5.56 Å². The van der Waals surface area contributed by atoms with Gasteiger partial charge in [0.1, 0.15) is 6.54 Å². The second-order valence-electron chi connectivity index (χ2n) is 3.57. The Kier molecular flexibility index (Phi) is 5.45. The summed E-state index contributed by atoms with van der Waals surface area (Å²) in [5.41, 5.74) is 0.521. The lowest BCUT2D eigenvalue weighted by Gasteiger charge is -2.20. The van der Waals surface area contributed by atoms with Crippen LogP contribution in [0.25, 0.3) is 0 Å². The maximum atomic E-state index is 12.3. The quantitative estimate of drug-likeness (QED) is 0.632. The molecule has 1 N–H and O–H groups in total. The number of carboxylic acid groups (broad SMARTS) is 1. The highest BCUT2D eigenvalue weighted by atomic mass is 32.2. The number of nitrogens with zero attached hydrogens (tertiary/aromatic N) is 1. The highest BCUT2D eigenvalue weighted by Crippen LogP contribution is 2.21. The Morgan fingerprint density at radius 1 is 1.44 bits per heavy atom. The van der Waals surface area contributed by atoms with Crippen molar-refractivity contribution in [3.05, 3.63) is 42.5 Å². The minimum absolute atomic E-state index is 0.216. The molecule has 96 valence electrons. The first-order chi connectivity index (χ1) is 8.60. The van der Waals surface area contributed by atoms with Gasteiger partial charge in [-0.1, -0.05) is 18.2 Å². The van der Waals surface area contributed by atoms with E-state index in [1.165, 1.54) is 22.7 Å². The summed E-state index contributed by atoms with van der Waals surface area (Å²) in [6.45, 7) is 3.42. The fraction of sp³-hybridized carbons (Fsp3) is 0.231. The molecule has 0 aliphatic carbocycles. The Morgan fingerprint density at radius 2 is 2.11 bits per heavy atom. The van der Waals surface area contributed by atoms with E-state index in [1.807, 2.05) is 18.4 Å². The van der Waals surface area contributed by atoms with Gasteiger partial charge in [-0.05, 0) is 18.4 Å². The van der Waals surface area contributed by atoms with Gasteiger partial charge < -0.3 is 10.0 Å². The molecule has 0 aromatic heterocycles. The molecule has 0 bridgehead atoms. The number of carbonyl (C=O) groups excluding carboxylic acids is 1. The van der Waals surface area contributed by atoms with Gasteiger partial charge in [-0.3, -0.25) is 9.59 Å². The maximum Gasteiger partial charge on any atom is 0.323 e. The summed E-state index contributed by atoms with van der Waals surface area (Å²) in [7, 11) is 0. The molecule has 0 fully saturated rings. The van der Waals surface area contributed by atoms with Crippen molar-refractivity contribution in [3.63, 3.8) is 0 Å². The van der Waals surface area contributed by atoms with Crippen molar-refractivity contribution in [1.29, 1.82) is 0 Å². The Labute approximate surface area is 110 Å². The maximum absolute atomic E-state index is 12.3. The minimum atomic E-state index is -1.04. The lowest BCUT2D eigenvalue weighted by Crippen LogP contribution is -2.36. The minimum Gasteiger partial charge on any atom is -0.480 e. The number of hydrogen-bond donors (Lipinski definition) is 1. The zero-order chi connectivity index (χ0) is 13.5. The third kappa shape index (κ3) is 3.63. The molecule has 0 aliphatic heterocycles. The molecule has 0 saturated heterocycles. The number of aliphatic carboxylic acids is 1. The van der Waals surface area contributed by atoms with Crippen molar-refractivity contribution in [3.8, 4) is 0 Å². The first-order valence-corrected chi connectivity index (χ1v) is 6.57. The fourth-order valence-corrected chi connectivity index (χ4v) is 2.12. The second kappa shape index (κ2) is 6.86. The molecule has 1 aromatic rings. The molecule has 1 amide bonds. The Hall–Kier alpha value is -1.75. The van der Waals surface area contributed by atoms with Crippen molar-refractivity contribution in [2.75, 3.05) is 19.3 Å². The average molecular weight is 265 g/mol.